The number of nitrogens with zero attached hydrogens (tertiary/aromatic N) is 1. The summed E-state index contributed by atoms with van der Waals surface area (Å²) in [6.45, 7) is 6.64. The maximum atomic E-state index is 13.8. The molecule has 2 rings (SSSR count). The highest BCUT2D eigenvalue weighted by Crippen LogP contribution is 2.16. The molecule has 0 aromatic heterocycles. The van der Waals surface area contributed by atoms with Crippen molar-refractivity contribution in [3.63, 3.8) is 0 Å². The van der Waals surface area contributed by atoms with Crippen LogP contribution in [0.25, 0.3) is 0 Å². The van der Waals surface area contributed by atoms with E-state index in [9.17, 15) is 12.8 Å². The van der Waals surface area contributed by atoms with Crippen LogP contribution in [0.15, 0.2) is 52.4 Å². The topological polar surface area (TPSA) is 96.6 Å². The van der Waals surface area contributed by atoms with Gasteiger partial charge in [-0.15, -0.1) is 24.0 Å². The van der Waals surface area contributed by atoms with Crippen molar-refractivity contribution in [2.24, 2.45) is 10.1 Å². The molecule has 2 aromatic rings. The molecule has 0 aliphatic rings. The van der Waals surface area contributed by atoms with Crippen LogP contribution in [-0.2, 0) is 16.6 Å². The van der Waals surface area contributed by atoms with E-state index in [1.807, 2.05) is 19.9 Å². The molecule has 28 heavy (non-hydrogen) atoms. The fourth-order valence-electron chi connectivity index (χ4n) is 2.44. The van der Waals surface area contributed by atoms with Gasteiger partial charge in [0.15, 0.2) is 5.96 Å². The highest BCUT2D eigenvalue weighted by atomic mass is 127. The molecule has 0 aliphatic carbocycles. The third-order valence-corrected chi connectivity index (χ3v) is 4.99. The molecular formula is C19H26FIN4O2S. The molecule has 0 aliphatic heterocycles. The number of halogens is 2. The second-order valence-corrected chi connectivity index (χ2v) is 7.82. The number of benzene rings is 2. The monoisotopic (exact) mass is 520 g/mol. The molecule has 0 spiro atoms. The first kappa shape index (κ1) is 24.3. The zero-order chi connectivity index (χ0) is 20.0. The molecule has 0 radical (unpaired) electrons. The largest absolute Gasteiger partial charge is 0.357 e. The van der Waals surface area contributed by atoms with Crippen LogP contribution in [0.5, 0.6) is 0 Å². The van der Waals surface area contributed by atoms with Gasteiger partial charge in [0.2, 0.25) is 10.0 Å². The summed E-state index contributed by atoms with van der Waals surface area (Å²) < 4.78 is 36.4. The predicted molar refractivity (Wildman–Crippen MR) is 121 cm³/mol. The first-order chi connectivity index (χ1) is 12.7. The van der Waals surface area contributed by atoms with Crippen LogP contribution in [0, 0.1) is 12.7 Å². The quantitative estimate of drug-likeness (QED) is 0.310. The number of nitrogens with one attached hydrogen (secondary N) is 2. The second-order valence-electron chi connectivity index (χ2n) is 6.26. The number of hydrogen-bond acceptors (Lipinski definition) is 3. The lowest BCUT2D eigenvalue weighted by molar-refractivity contribution is 0.597. The second kappa shape index (κ2) is 10.7. The lowest BCUT2D eigenvalue weighted by Crippen LogP contribution is -2.38. The number of primary sulfonamides is 1. The molecule has 0 fully saturated rings. The van der Waals surface area contributed by atoms with Gasteiger partial charge in [0.1, 0.15) is 5.82 Å². The van der Waals surface area contributed by atoms with E-state index < -0.39 is 10.0 Å². The Balaban J connectivity index is 0.00000392. The smallest absolute Gasteiger partial charge is 0.238 e. The SMILES string of the molecule is CCNC(=NCc1ccc(S(N)(=O)=O)cc1)NC(C)c1ccc(C)c(F)c1.I. The van der Waals surface area contributed by atoms with E-state index in [1.54, 1.807) is 25.1 Å². The fraction of sp³-hybridized carbons (Fsp3) is 0.316. The summed E-state index contributed by atoms with van der Waals surface area (Å²) in [4.78, 5) is 4.57. The van der Waals surface area contributed by atoms with Gasteiger partial charge in [-0.25, -0.2) is 22.9 Å². The number of nitrogens with two attached hydrogens (primary N) is 1. The van der Waals surface area contributed by atoms with Crippen molar-refractivity contribution >= 4 is 40.0 Å². The van der Waals surface area contributed by atoms with Gasteiger partial charge in [-0.1, -0.05) is 24.3 Å². The number of rotatable bonds is 6. The molecule has 0 amide bonds. The van der Waals surface area contributed by atoms with Crippen LogP contribution < -0.4 is 15.8 Å². The Bertz CT molecular complexity index is 918. The molecule has 6 nitrogen and oxygen atoms in total. The Hall–Kier alpha value is -1.72. The van der Waals surface area contributed by atoms with E-state index in [4.69, 9.17) is 5.14 Å². The first-order valence-corrected chi connectivity index (χ1v) is 10.2. The number of sulfonamides is 1. The highest BCUT2D eigenvalue weighted by Gasteiger charge is 2.10. The van der Waals surface area contributed by atoms with Crippen molar-refractivity contribution in [2.75, 3.05) is 6.54 Å². The predicted octanol–water partition coefficient (Wildman–Crippen LogP) is 3.22. The van der Waals surface area contributed by atoms with Gasteiger partial charge in [0.25, 0.3) is 0 Å². The summed E-state index contributed by atoms with van der Waals surface area (Å²) in [7, 11) is -3.70. The van der Waals surface area contributed by atoms with Gasteiger partial charge in [-0.3, -0.25) is 0 Å². The van der Waals surface area contributed by atoms with Gasteiger partial charge in [-0.2, -0.15) is 0 Å². The number of hydrogen-bond donors (Lipinski definition) is 3. The summed E-state index contributed by atoms with van der Waals surface area (Å²) in [5.41, 5.74) is 2.27. The highest BCUT2D eigenvalue weighted by molar-refractivity contribution is 14.0. The Morgan fingerprint density at radius 3 is 2.39 bits per heavy atom. The van der Waals surface area contributed by atoms with Crippen molar-refractivity contribution in [1.29, 1.82) is 0 Å². The Morgan fingerprint density at radius 1 is 1.21 bits per heavy atom. The maximum absolute atomic E-state index is 13.8. The van der Waals surface area contributed by atoms with Gasteiger partial charge < -0.3 is 10.6 Å². The van der Waals surface area contributed by atoms with E-state index in [1.165, 1.54) is 18.2 Å². The Kier molecular flexibility index (Phi) is 9.31. The van der Waals surface area contributed by atoms with Crippen LogP contribution in [-0.4, -0.2) is 20.9 Å². The van der Waals surface area contributed by atoms with Crippen LogP contribution in [0.2, 0.25) is 0 Å². The van der Waals surface area contributed by atoms with Crippen molar-refractivity contribution in [3.8, 4) is 0 Å². The minimum Gasteiger partial charge on any atom is -0.357 e. The van der Waals surface area contributed by atoms with Crippen molar-refractivity contribution in [3.05, 3.63) is 65.0 Å². The average molecular weight is 520 g/mol. The van der Waals surface area contributed by atoms with Crippen LogP contribution in [0.1, 0.15) is 36.6 Å². The molecule has 9 heteroatoms. The van der Waals surface area contributed by atoms with Gasteiger partial charge in [-0.05, 0) is 55.7 Å². The third-order valence-electron chi connectivity index (χ3n) is 4.06. The molecule has 4 N–H and O–H groups in total. The van der Waals surface area contributed by atoms with Crippen molar-refractivity contribution < 1.29 is 12.8 Å². The van der Waals surface area contributed by atoms with E-state index in [2.05, 4.69) is 15.6 Å². The Morgan fingerprint density at radius 2 is 1.86 bits per heavy atom. The summed E-state index contributed by atoms with van der Waals surface area (Å²) in [5, 5.41) is 11.5. The molecule has 0 saturated carbocycles. The van der Waals surface area contributed by atoms with Gasteiger partial charge >= 0.3 is 0 Å². The van der Waals surface area contributed by atoms with E-state index >= 15 is 0 Å². The van der Waals surface area contributed by atoms with E-state index in [0.717, 1.165) is 11.1 Å². The molecule has 0 heterocycles. The molecule has 0 bridgehead atoms. The first-order valence-electron chi connectivity index (χ1n) is 8.63. The zero-order valence-corrected chi connectivity index (χ0v) is 19.2. The minimum absolute atomic E-state index is 0. The molecule has 2 aromatic carbocycles. The summed E-state index contributed by atoms with van der Waals surface area (Å²) in [6, 6.07) is 11.3. The normalized spacial score (nSPS) is 12.8. The lowest BCUT2D eigenvalue weighted by Gasteiger charge is -2.18. The van der Waals surface area contributed by atoms with Crippen molar-refractivity contribution in [2.45, 2.75) is 38.3 Å². The summed E-state index contributed by atoms with van der Waals surface area (Å²) in [5.74, 6) is 0.347. The maximum Gasteiger partial charge on any atom is 0.238 e. The summed E-state index contributed by atoms with van der Waals surface area (Å²) >= 11 is 0. The van der Waals surface area contributed by atoms with E-state index in [0.29, 0.717) is 24.6 Å². The number of aryl methyl sites for hydroxylation is 1. The number of aliphatic imine (C=N–C) groups is 1. The summed E-state index contributed by atoms with van der Waals surface area (Å²) in [6.07, 6.45) is 0. The van der Waals surface area contributed by atoms with Crippen LogP contribution in [0.4, 0.5) is 4.39 Å². The molecular weight excluding hydrogens is 494 g/mol. The van der Waals surface area contributed by atoms with Crippen molar-refractivity contribution in [1.82, 2.24) is 10.6 Å². The van der Waals surface area contributed by atoms with E-state index in [-0.39, 0.29) is 40.7 Å². The van der Waals surface area contributed by atoms with Crippen LogP contribution >= 0.6 is 24.0 Å². The Labute approximate surface area is 182 Å². The molecule has 1 atom stereocenters. The average Bonchev–Trinajstić information content (AvgIpc) is 2.61. The third kappa shape index (κ3) is 7.02. The molecule has 0 saturated heterocycles. The fourth-order valence-corrected chi connectivity index (χ4v) is 2.96. The minimum atomic E-state index is -3.70. The zero-order valence-electron chi connectivity index (χ0n) is 16.1. The molecule has 1 unspecified atom stereocenters. The number of guanidine groups is 1. The van der Waals surface area contributed by atoms with Gasteiger partial charge in [0.05, 0.1) is 17.5 Å². The van der Waals surface area contributed by atoms with Crippen LogP contribution in [0.3, 0.4) is 0 Å². The molecule has 154 valence electrons. The lowest BCUT2D eigenvalue weighted by atomic mass is 10.1. The van der Waals surface area contributed by atoms with Gasteiger partial charge in [0, 0.05) is 6.54 Å². The standard InChI is InChI=1S/C19H25FN4O2S.HI/c1-4-22-19(24-14(3)16-8-5-13(2)18(20)11-16)23-12-15-6-9-17(10-7-15)27(21,25)26;/h5-11,14H,4,12H2,1-3H3,(H2,21,25,26)(H2,22,23,24);1H.